The Morgan fingerprint density at radius 3 is 2.31 bits per heavy atom. The highest BCUT2D eigenvalue weighted by Crippen LogP contribution is 2.19. The Kier molecular flexibility index (Phi) is 8.26. The number of likely N-dealkylation sites (N-methyl/N-ethyl adjacent to an activating group) is 1. The lowest BCUT2D eigenvalue weighted by Crippen LogP contribution is -2.53. The van der Waals surface area contributed by atoms with Crippen LogP contribution >= 0.6 is 0 Å². The molecule has 0 bridgehead atoms. The molecule has 0 aliphatic carbocycles. The molecular formula is C24H25FN4O5S. The van der Waals surface area contributed by atoms with Gasteiger partial charge < -0.3 is 15.0 Å². The van der Waals surface area contributed by atoms with Crippen molar-refractivity contribution in [1.29, 1.82) is 0 Å². The van der Waals surface area contributed by atoms with Crippen LogP contribution in [0, 0.1) is 5.82 Å². The van der Waals surface area contributed by atoms with Gasteiger partial charge in [0.1, 0.15) is 17.6 Å². The molecule has 1 atom stereocenters. The van der Waals surface area contributed by atoms with E-state index in [2.05, 4.69) is 10.0 Å². The average molecular weight is 501 g/mol. The molecule has 3 aromatic rings. The number of methoxy groups -OCH3 is 1. The normalized spacial score (nSPS) is 11.7. The topological polar surface area (TPSA) is 117 Å². The van der Waals surface area contributed by atoms with Crippen molar-refractivity contribution in [2.24, 2.45) is 0 Å². The van der Waals surface area contributed by atoms with E-state index in [-0.39, 0.29) is 12.1 Å². The van der Waals surface area contributed by atoms with Gasteiger partial charge in [-0.2, -0.15) is 8.42 Å². The van der Waals surface area contributed by atoms with Crippen LogP contribution in [-0.4, -0.2) is 40.6 Å². The van der Waals surface area contributed by atoms with Crippen molar-refractivity contribution in [3.05, 3.63) is 90.2 Å². The number of benzene rings is 3. The average Bonchev–Trinajstić information content (AvgIpc) is 2.82. The van der Waals surface area contributed by atoms with Gasteiger partial charge in [0.15, 0.2) is 0 Å². The number of nitrogens with zero attached hydrogens (tertiary/aromatic N) is 1. The summed E-state index contributed by atoms with van der Waals surface area (Å²) in [6, 6.07) is 18.3. The van der Waals surface area contributed by atoms with Crippen LogP contribution in [0.4, 0.5) is 20.6 Å². The number of amides is 3. The first-order chi connectivity index (χ1) is 16.7. The van der Waals surface area contributed by atoms with Crippen molar-refractivity contribution in [3.63, 3.8) is 0 Å². The molecule has 9 nitrogen and oxygen atoms in total. The van der Waals surface area contributed by atoms with E-state index in [1.54, 1.807) is 60.3 Å². The van der Waals surface area contributed by atoms with Crippen LogP contribution in [0.2, 0.25) is 0 Å². The molecule has 0 aliphatic rings. The van der Waals surface area contributed by atoms with Gasteiger partial charge in [-0.1, -0.05) is 36.4 Å². The van der Waals surface area contributed by atoms with Crippen molar-refractivity contribution in [2.75, 3.05) is 23.8 Å². The molecule has 184 valence electrons. The lowest BCUT2D eigenvalue weighted by Gasteiger charge is -2.25. The first-order valence-corrected chi connectivity index (χ1v) is 12.0. The lowest BCUT2D eigenvalue weighted by atomic mass is 10.0. The summed E-state index contributed by atoms with van der Waals surface area (Å²) in [7, 11) is -1.32. The fraction of sp³-hybridized carbons (Fsp3) is 0.167. The van der Waals surface area contributed by atoms with Gasteiger partial charge in [-0.05, 0) is 48.0 Å². The van der Waals surface area contributed by atoms with E-state index < -0.39 is 34.0 Å². The fourth-order valence-electron chi connectivity index (χ4n) is 3.26. The van der Waals surface area contributed by atoms with E-state index >= 15 is 0 Å². The Bertz CT molecular complexity index is 1270. The summed E-state index contributed by atoms with van der Waals surface area (Å²) >= 11 is 0. The number of anilines is 2. The van der Waals surface area contributed by atoms with Gasteiger partial charge in [-0.3, -0.25) is 9.52 Å². The van der Waals surface area contributed by atoms with Gasteiger partial charge in [-0.15, -0.1) is 0 Å². The first kappa shape index (κ1) is 25.5. The molecule has 0 heterocycles. The third-order valence-electron chi connectivity index (χ3n) is 4.98. The number of hydrogen-bond donors (Lipinski definition) is 3. The molecule has 3 N–H and O–H groups in total. The van der Waals surface area contributed by atoms with Crippen LogP contribution in [0.3, 0.4) is 0 Å². The molecule has 0 unspecified atom stereocenters. The number of nitrogens with one attached hydrogen (secondary N) is 3. The van der Waals surface area contributed by atoms with Crippen LogP contribution in [0.15, 0.2) is 78.9 Å². The molecule has 0 aliphatic heterocycles. The third-order valence-corrected chi connectivity index (χ3v) is 5.94. The van der Waals surface area contributed by atoms with Crippen molar-refractivity contribution in [3.8, 4) is 5.75 Å². The van der Waals surface area contributed by atoms with Crippen molar-refractivity contribution in [2.45, 2.75) is 12.5 Å². The lowest BCUT2D eigenvalue weighted by molar-refractivity contribution is -0.120. The van der Waals surface area contributed by atoms with Crippen LogP contribution in [0.5, 0.6) is 5.75 Å². The van der Waals surface area contributed by atoms with Crippen LogP contribution in [0.25, 0.3) is 0 Å². The maximum Gasteiger partial charge on any atom is 0.330 e. The zero-order valence-corrected chi connectivity index (χ0v) is 19.9. The second-order valence-electron chi connectivity index (χ2n) is 7.53. The predicted molar refractivity (Wildman–Crippen MR) is 131 cm³/mol. The molecule has 0 spiro atoms. The molecule has 3 rings (SSSR count). The van der Waals surface area contributed by atoms with Gasteiger partial charge >= 0.3 is 16.2 Å². The Labute approximate surface area is 203 Å². The summed E-state index contributed by atoms with van der Waals surface area (Å²) in [5, 5.41) is 2.43. The summed E-state index contributed by atoms with van der Waals surface area (Å²) < 4.78 is 47.0. The van der Waals surface area contributed by atoms with Gasteiger partial charge in [0.05, 0.1) is 12.8 Å². The monoisotopic (exact) mass is 500 g/mol. The van der Waals surface area contributed by atoms with Crippen molar-refractivity contribution >= 4 is 33.5 Å². The number of carbonyl (C=O) groups is 2. The van der Waals surface area contributed by atoms with E-state index in [0.717, 1.165) is 17.7 Å². The minimum absolute atomic E-state index is 0.0681. The van der Waals surface area contributed by atoms with E-state index in [1.165, 1.54) is 24.1 Å². The van der Waals surface area contributed by atoms with E-state index in [0.29, 0.717) is 11.4 Å². The first-order valence-electron chi connectivity index (χ1n) is 10.5. The van der Waals surface area contributed by atoms with Gasteiger partial charge in [0.25, 0.3) is 0 Å². The Morgan fingerprint density at radius 2 is 1.69 bits per heavy atom. The van der Waals surface area contributed by atoms with Crippen molar-refractivity contribution < 1.29 is 27.1 Å². The second-order valence-corrected chi connectivity index (χ2v) is 8.94. The SMILES string of the molecule is COc1ccc(N(C)C(=O)[C@H](Cc2ccccc2)NC(=O)NS(=O)(=O)Nc2cccc(F)c2)cc1. The maximum absolute atomic E-state index is 13.3. The molecule has 35 heavy (non-hydrogen) atoms. The summed E-state index contributed by atoms with van der Waals surface area (Å²) in [6.07, 6.45) is 0.116. The zero-order chi connectivity index (χ0) is 25.4. The minimum atomic E-state index is -4.39. The highest BCUT2D eigenvalue weighted by molar-refractivity contribution is 7.91. The van der Waals surface area contributed by atoms with Gasteiger partial charge in [0.2, 0.25) is 5.91 Å². The number of halogens is 1. The second kappa shape index (κ2) is 11.3. The quantitative estimate of drug-likeness (QED) is 0.418. The van der Waals surface area contributed by atoms with Gasteiger partial charge in [0, 0.05) is 19.2 Å². The highest BCUT2D eigenvalue weighted by Gasteiger charge is 2.27. The van der Waals surface area contributed by atoms with E-state index in [9.17, 15) is 22.4 Å². The zero-order valence-electron chi connectivity index (χ0n) is 19.1. The van der Waals surface area contributed by atoms with E-state index in [4.69, 9.17) is 4.74 Å². The predicted octanol–water partition coefficient (Wildman–Crippen LogP) is 3.06. The fourth-order valence-corrected chi connectivity index (χ4v) is 4.05. The summed E-state index contributed by atoms with van der Waals surface area (Å²) in [4.78, 5) is 27.2. The molecule has 0 saturated heterocycles. The molecule has 0 saturated carbocycles. The molecule has 3 aromatic carbocycles. The molecule has 0 aromatic heterocycles. The largest absolute Gasteiger partial charge is 0.497 e. The smallest absolute Gasteiger partial charge is 0.330 e. The van der Waals surface area contributed by atoms with Crippen LogP contribution in [-0.2, 0) is 21.4 Å². The molecule has 0 radical (unpaired) electrons. The molecule has 3 amide bonds. The van der Waals surface area contributed by atoms with Crippen molar-refractivity contribution in [1.82, 2.24) is 10.0 Å². The van der Waals surface area contributed by atoms with Crippen LogP contribution in [0.1, 0.15) is 5.56 Å². The summed E-state index contributed by atoms with van der Waals surface area (Å²) in [5.41, 5.74) is 1.24. The summed E-state index contributed by atoms with van der Waals surface area (Å²) in [5.74, 6) is -0.502. The van der Waals surface area contributed by atoms with E-state index in [1.807, 2.05) is 6.07 Å². The Hall–Kier alpha value is -4.12. The molecule has 11 heteroatoms. The Balaban J connectivity index is 1.75. The number of carbonyl (C=O) groups excluding carboxylic acids is 2. The summed E-state index contributed by atoms with van der Waals surface area (Å²) in [6.45, 7) is 0. The van der Waals surface area contributed by atoms with Crippen LogP contribution < -0.4 is 24.4 Å². The number of urea groups is 1. The third kappa shape index (κ3) is 7.44. The standard InChI is InChI=1S/C24H25FN4O5S/c1-29(20-11-13-21(34-2)14-12-20)23(30)22(15-17-7-4-3-5-8-17)26-24(31)28-35(32,33)27-19-10-6-9-18(25)16-19/h3-14,16,22,27H,15H2,1-2H3,(H2,26,28,31)/t22-/m0/s1. The number of hydrogen-bond acceptors (Lipinski definition) is 5. The maximum atomic E-state index is 13.3. The molecular weight excluding hydrogens is 475 g/mol. The minimum Gasteiger partial charge on any atom is -0.497 e. The molecule has 0 fully saturated rings. The highest BCUT2D eigenvalue weighted by atomic mass is 32.2. The Morgan fingerprint density at radius 1 is 1.00 bits per heavy atom. The number of rotatable bonds is 9. The number of ether oxygens (including phenoxy) is 1. The van der Waals surface area contributed by atoms with Gasteiger partial charge in [-0.25, -0.2) is 13.9 Å².